The third-order valence-electron chi connectivity index (χ3n) is 6.44. The first kappa shape index (κ1) is 22.1. The zero-order valence-corrected chi connectivity index (χ0v) is 19.2. The molecule has 1 aromatic carbocycles. The molecule has 1 amide bonds. The number of rotatable bonds is 5. The van der Waals surface area contributed by atoms with Crippen molar-refractivity contribution >= 4 is 28.9 Å². The molecule has 0 spiro atoms. The minimum atomic E-state index is -0.0408. The average Bonchev–Trinajstić information content (AvgIpc) is 3.10. The second-order valence-corrected chi connectivity index (χ2v) is 9.56. The summed E-state index contributed by atoms with van der Waals surface area (Å²) < 4.78 is 10.5. The zero-order valence-electron chi connectivity index (χ0n) is 18.4. The summed E-state index contributed by atoms with van der Waals surface area (Å²) >= 11 is 1.48. The number of aromatic hydroxyl groups is 1. The summed E-state index contributed by atoms with van der Waals surface area (Å²) in [5.74, 6) is 0.641. The van der Waals surface area contributed by atoms with E-state index in [1.54, 1.807) is 12.1 Å². The van der Waals surface area contributed by atoms with Gasteiger partial charge in [-0.2, -0.15) is 0 Å². The molecule has 168 valence electrons. The molecular weight excluding hydrogens is 412 g/mol. The molecule has 1 heterocycles. The number of methoxy groups -OCH3 is 2. The van der Waals surface area contributed by atoms with Crippen molar-refractivity contribution in [2.45, 2.75) is 76.3 Å². The fourth-order valence-electron chi connectivity index (χ4n) is 4.75. The van der Waals surface area contributed by atoms with Crippen molar-refractivity contribution in [2.75, 3.05) is 14.2 Å². The first-order valence-corrected chi connectivity index (χ1v) is 12.2. The molecule has 0 unspecified atom stereocenters. The van der Waals surface area contributed by atoms with Gasteiger partial charge in [0.15, 0.2) is 16.7 Å². The number of aliphatic imine (C=N–C) groups is 1. The number of amidine groups is 1. The summed E-state index contributed by atoms with van der Waals surface area (Å²) in [7, 11) is 3.00. The lowest BCUT2D eigenvalue weighted by Crippen LogP contribution is -2.41. The van der Waals surface area contributed by atoms with Crippen LogP contribution >= 0.6 is 11.8 Å². The minimum absolute atomic E-state index is 0.0393. The maximum absolute atomic E-state index is 13.5. The van der Waals surface area contributed by atoms with Crippen molar-refractivity contribution < 1.29 is 19.4 Å². The summed E-state index contributed by atoms with van der Waals surface area (Å²) in [6.07, 6.45) is 13.5. The van der Waals surface area contributed by atoms with Gasteiger partial charge in [-0.05, 0) is 61.2 Å². The highest BCUT2D eigenvalue weighted by molar-refractivity contribution is 8.18. The molecular formula is C24H32N2O4S. The van der Waals surface area contributed by atoms with E-state index in [-0.39, 0.29) is 17.7 Å². The molecule has 2 aliphatic carbocycles. The molecule has 3 aliphatic rings. The molecule has 6 nitrogen and oxygen atoms in total. The molecule has 31 heavy (non-hydrogen) atoms. The van der Waals surface area contributed by atoms with Gasteiger partial charge in [0.25, 0.3) is 5.91 Å². The number of phenolic OH excluding ortho intramolecular Hbond substituents is 1. The van der Waals surface area contributed by atoms with Crippen LogP contribution in [0.15, 0.2) is 22.0 Å². The third kappa shape index (κ3) is 4.86. The monoisotopic (exact) mass is 444 g/mol. The van der Waals surface area contributed by atoms with Crippen molar-refractivity contribution in [2.24, 2.45) is 4.99 Å². The summed E-state index contributed by atoms with van der Waals surface area (Å²) in [5, 5.41) is 11.1. The highest BCUT2D eigenvalue weighted by Gasteiger charge is 2.39. The zero-order chi connectivity index (χ0) is 21.8. The van der Waals surface area contributed by atoms with Gasteiger partial charge in [-0.3, -0.25) is 14.7 Å². The number of phenols is 1. The molecule has 7 heteroatoms. The molecule has 1 aliphatic heterocycles. The number of carbonyl (C=O) groups excluding carboxylic acids is 1. The smallest absolute Gasteiger partial charge is 0.266 e. The van der Waals surface area contributed by atoms with E-state index in [1.807, 2.05) is 11.0 Å². The SMILES string of the molecule is COc1cc(C=C2SC(=NC3CCCCC3)N(C3CCCCC3)C2=O)cc(OC)c1O. The van der Waals surface area contributed by atoms with Gasteiger partial charge in [-0.15, -0.1) is 0 Å². The standard InChI is InChI=1S/C24H32N2O4S/c1-29-19-13-16(14-20(30-2)22(19)27)15-21-23(28)26(18-11-7-4-8-12-18)24(31-21)25-17-9-5-3-6-10-17/h13-15,17-18,27H,3-12H2,1-2H3. The quantitative estimate of drug-likeness (QED) is 0.620. The van der Waals surface area contributed by atoms with E-state index in [0.29, 0.717) is 22.4 Å². The van der Waals surface area contributed by atoms with E-state index in [4.69, 9.17) is 14.5 Å². The Hall–Kier alpha value is -2.15. The maximum atomic E-state index is 13.5. The molecule has 3 fully saturated rings. The van der Waals surface area contributed by atoms with Crippen molar-refractivity contribution in [3.8, 4) is 17.2 Å². The predicted molar refractivity (Wildman–Crippen MR) is 125 cm³/mol. The van der Waals surface area contributed by atoms with Crippen LogP contribution in [0.3, 0.4) is 0 Å². The number of thioether (sulfide) groups is 1. The summed E-state index contributed by atoms with van der Waals surface area (Å²) in [6, 6.07) is 4.01. The van der Waals surface area contributed by atoms with Crippen molar-refractivity contribution in [3.63, 3.8) is 0 Å². The lowest BCUT2D eigenvalue weighted by atomic mass is 9.94. The molecule has 1 N–H and O–H groups in total. The number of ether oxygens (including phenoxy) is 2. The summed E-state index contributed by atoms with van der Waals surface area (Å²) in [6.45, 7) is 0. The van der Waals surface area contributed by atoms with Gasteiger partial charge in [0.1, 0.15) is 0 Å². The molecule has 0 atom stereocenters. The highest BCUT2D eigenvalue weighted by Crippen LogP contribution is 2.41. The van der Waals surface area contributed by atoms with Crippen molar-refractivity contribution in [3.05, 3.63) is 22.6 Å². The van der Waals surface area contributed by atoms with Crippen LogP contribution in [-0.2, 0) is 4.79 Å². The lowest BCUT2D eigenvalue weighted by molar-refractivity contribution is -0.124. The molecule has 4 rings (SSSR count). The van der Waals surface area contributed by atoms with E-state index in [9.17, 15) is 9.90 Å². The fraction of sp³-hybridized carbons (Fsp3) is 0.583. The minimum Gasteiger partial charge on any atom is -0.502 e. The van der Waals surface area contributed by atoms with E-state index >= 15 is 0 Å². The molecule has 1 aromatic rings. The first-order valence-electron chi connectivity index (χ1n) is 11.4. The molecule has 0 bridgehead atoms. The van der Waals surface area contributed by atoms with Crippen LogP contribution in [0, 0.1) is 0 Å². The summed E-state index contributed by atoms with van der Waals surface area (Å²) in [5.41, 5.74) is 0.755. The van der Waals surface area contributed by atoms with Crippen LogP contribution in [0.2, 0.25) is 0 Å². The van der Waals surface area contributed by atoms with E-state index in [2.05, 4.69) is 0 Å². The predicted octanol–water partition coefficient (Wildman–Crippen LogP) is 5.35. The molecule has 2 saturated carbocycles. The van der Waals surface area contributed by atoms with Gasteiger partial charge in [0.05, 0.1) is 25.2 Å². The molecule has 1 saturated heterocycles. The van der Waals surface area contributed by atoms with E-state index in [1.165, 1.54) is 64.5 Å². The average molecular weight is 445 g/mol. The van der Waals surface area contributed by atoms with E-state index < -0.39 is 0 Å². The number of hydrogen-bond donors (Lipinski definition) is 1. The second-order valence-electron chi connectivity index (χ2n) is 8.56. The molecule has 0 aromatic heterocycles. The van der Waals surface area contributed by atoms with Crippen molar-refractivity contribution in [1.82, 2.24) is 4.90 Å². The third-order valence-corrected chi connectivity index (χ3v) is 7.44. The number of nitrogens with zero attached hydrogens (tertiary/aromatic N) is 2. The van der Waals surface area contributed by atoms with Crippen molar-refractivity contribution in [1.29, 1.82) is 0 Å². The first-order chi connectivity index (χ1) is 15.1. The van der Waals surface area contributed by atoms with Gasteiger partial charge in [-0.25, -0.2) is 0 Å². The Bertz CT molecular complexity index is 845. The normalized spacial score (nSPS) is 23.7. The largest absolute Gasteiger partial charge is 0.502 e. The Morgan fingerprint density at radius 1 is 1.00 bits per heavy atom. The number of benzene rings is 1. The van der Waals surface area contributed by atoms with Gasteiger partial charge in [0.2, 0.25) is 5.75 Å². The van der Waals surface area contributed by atoms with Gasteiger partial charge < -0.3 is 14.6 Å². The van der Waals surface area contributed by atoms with Crippen LogP contribution in [0.1, 0.15) is 69.8 Å². The number of carbonyl (C=O) groups is 1. The Kier molecular flexibility index (Phi) is 7.10. The maximum Gasteiger partial charge on any atom is 0.266 e. The van der Waals surface area contributed by atoms with Gasteiger partial charge >= 0.3 is 0 Å². The topological polar surface area (TPSA) is 71.4 Å². The fourth-order valence-corrected chi connectivity index (χ4v) is 5.86. The van der Waals surface area contributed by atoms with Crippen LogP contribution in [0.25, 0.3) is 6.08 Å². The van der Waals surface area contributed by atoms with E-state index in [0.717, 1.165) is 36.4 Å². The highest BCUT2D eigenvalue weighted by atomic mass is 32.2. The van der Waals surface area contributed by atoms with Crippen LogP contribution in [-0.4, -0.2) is 47.4 Å². The summed E-state index contributed by atoms with van der Waals surface area (Å²) in [4.78, 5) is 21.2. The lowest BCUT2D eigenvalue weighted by Gasteiger charge is -2.31. The Morgan fingerprint density at radius 3 is 2.16 bits per heavy atom. The Morgan fingerprint density at radius 2 is 1.58 bits per heavy atom. The Balaban J connectivity index is 1.67. The molecule has 0 radical (unpaired) electrons. The Labute approximate surface area is 188 Å². The van der Waals surface area contributed by atoms with Crippen LogP contribution in [0.4, 0.5) is 0 Å². The van der Waals surface area contributed by atoms with Gasteiger partial charge in [-0.1, -0.05) is 38.5 Å². The number of hydrogen-bond acceptors (Lipinski definition) is 6. The van der Waals surface area contributed by atoms with Crippen LogP contribution < -0.4 is 9.47 Å². The second kappa shape index (κ2) is 9.98. The van der Waals surface area contributed by atoms with Crippen LogP contribution in [0.5, 0.6) is 17.2 Å². The van der Waals surface area contributed by atoms with Gasteiger partial charge in [0, 0.05) is 6.04 Å². The number of amides is 1.